The molecule has 0 aromatic rings. The third-order valence-corrected chi connectivity index (χ3v) is 3.55. The van der Waals surface area contributed by atoms with Gasteiger partial charge in [0.15, 0.2) is 0 Å². The van der Waals surface area contributed by atoms with Gasteiger partial charge in [0, 0.05) is 11.3 Å². The Hall–Kier alpha value is -1.16. The number of rotatable bonds is 6. The zero-order chi connectivity index (χ0) is 16.0. The van der Waals surface area contributed by atoms with Crippen LogP contribution >= 0.6 is 0 Å². The number of allylic oxidation sites excluding steroid dienone is 3. The van der Waals surface area contributed by atoms with Crippen LogP contribution < -0.4 is 5.73 Å². The van der Waals surface area contributed by atoms with Crippen molar-refractivity contribution < 1.29 is 0 Å². The minimum Gasteiger partial charge on any atom is -0.399 e. The highest BCUT2D eigenvalue weighted by molar-refractivity contribution is 5.38. The summed E-state index contributed by atoms with van der Waals surface area (Å²) in [5, 5.41) is 0. The topological polar surface area (TPSA) is 26.0 Å². The molecular weight excluding hydrogens is 242 g/mol. The summed E-state index contributed by atoms with van der Waals surface area (Å²) in [4.78, 5) is 0. The van der Waals surface area contributed by atoms with E-state index in [1.165, 1.54) is 18.4 Å². The summed E-state index contributed by atoms with van der Waals surface area (Å²) in [6, 6.07) is 0. The summed E-state index contributed by atoms with van der Waals surface area (Å²) in [5.41, 5.74) is 9.51. The molecule has 1 heteroatoms. The second-order valence-corrected chi connectivity index (χ2v) is 7.66. The molecular formula is C19H33N. The van der Waals surface area contributed by atoms with E-state index in [1.54, 1.807) is 0 Å². The summed E-state index contributed by atoms with van der Waals surface area (Å²) in [5.74, 6) is 2.85. The van der Waals surface area contributed by atoms with Gasteiger partial charge in [0.2, 0.25) is 0 Å². The summed E-state index contributed by atoms with van der Waals surface area (Å²) in [6.45, 7) is 15.4. The molecule has 0 unspecified atom stereocenters. The Bertz CT molecular complexity index is 408. The number of unbranched alkanes of at least 4 members (excludes halogenated alkanes) is 1. The number of hydrogen-bond donors (Lipinski definition) is 1. The van der Waals surface area contributed by atoms with Crippen LogP contribution in [0.2, 0.25) is 0 Å². The first kappa shape index (κ1) is 18.8. The van der Waals surface area contributed by atoms with Gasteiger partial charge in [-0.1, -0.05) is 59.5 Å². The Morgan fingerprint density at radius 1 is 1.20 bits per heavy atom. The highest BCUT2D eigenvalue weighted by Gasteiger charge is 2.28. The normalized spacial score (nSPS) is 14.8. The van der Waals surface area contributed by atoms with Crippen LogP contribution in [0.5, 0.6) is 0 Å². The maximum atomic E-state index is 6.20. The first-order chi connectivity index (χ1) is 9.03. The molecule has 0 aliphatic heterocycles. The molecule has 0 fully saturated rings. The van der Waals surface area contributed by atoms with Crippen molar-refractivity contribution in [3.63, 3.8) is 0 Å². The molecule has 0 atom stereocenters. The molecule has 0 bridgehead atoms. The fraction of sp³-hybridized carbons (Fsp3) is 0.684. The molecule has 0 rings (SSSR count). The third kappa shape index (κ3) is 6.85. The van der Waals surface area contributed by atoms with Gasteiger partial charge in [-0.25, -0.2) is 0 Å². The van der Waals surface area contributed by atoms with E-state index in [1.807, 2.05) is 6.08 Å². The molecule has 20 heavy (non-hydrogen) atoms. The van der Waals surface area contributed by atoms with Crippen molar-refractivity contribution in [3.8, 4) is 12.3 Å². The van der Waals surface area contributed by atoms with Crippen molar-refractivity contribution in [1.82, 2.24) is 0 Å². The number of hydrogen-bond acceptors (Lipinski definition) is 1. The molecule has 1 nitrogen and oxygen atoms in total. The van der Waals surface area contributed by atoms with E-state index in [2.05, 4.69) is 54.4 Å². The average molecular weight is 275 g/mol. The monoisotopic (exact) mass is 275 g/mol. The Morgan fingerprint density at radius 2 is 1.75 bits per heavy atom. The van der Waals surface area contributed by atoms with Crippen LogP contribution in [-0.4, -0.2) is 0 Å². The fourth-order valence-electron chi connectivity index (χ4n) is 2.72. The van der Waals surface area contributed by atoms with Crippen molar-refractivity contribution in [2.75, 3.05) is 0 Å². The zero-order valence-electron chi connectivity index (χ0n) is 14.6. The highest BCUT2D eigenvalue weighted by atomic mass is 14.6. The third-order valence-electron chi connectivity index (χ3n) is 3.55. The summed E-state index contributed by atoms with van der Waals surface area (Å²) in [6.07, 6.45) is 12.2. The van der Waals surface area contributed by atoms with Gasteiger partial charge in [-0.2, -0.15) is 0 Å². The first-order valence-electron chi connectivity index (χ1n) is 7.67. The van der Waals surface area contributed by atoms with E-state index in [4.69, 9.17) is 12.2 Å². The van der Waals surface area contributed by atoms with Crippen molar-refractivity contribution >= 4 is 0 Å². The Kier molecular flexibility index (Phi) is 7.14. The van der Waals surface area contributed by atoms with Gasteiger partial charge < -0.3 is 5.73 Å². The largest absolute Gasteiger partial charge is 0.399 e. The SMILES string of the molecule is C#C/C(=C\C(N)=C(\C)CCCC)C(C)(C)CC(C)(C)C. The van der Waals surface area contributed by atoms with Gasteiger partial charge in [-0.15, -0.1) is 6.42 Å². The predicted molar refractivity (Wildman–Crippen MR) is 91.2 cm³/mol. The van der Waals surface area contributed by atoms with Crippen molar-refractivity contribution in [3.05, 3.63) is 22.9 Å². The van der Waals surface area contributed by atoms with Crippen LogP contribution in [0.4, 0.5) is 0 Å². The van der Waals surface area contributed by atoms with Crippen LogP contribution in [0.15, 0.2) is 22.9 Å². The second-order valence-electron chi connectivity index (χ2n) is 7.66. The quantitative estimate of drug-likeness (QED) is 0.507. The highest BCUT2D eigenvalue weighted by Crippen LogP contribution is 2.38. The minimum atomic E-state index is -0.0251. The lowest BCUT2D eigenvalue weighted by Gasteiger charge is -2.32. The molecule has 0 aromatic heterocycles. The molecule has 0 aliphatic rings. The van der Waals surface area contributed by atoms with Crippen LogP contribution in [0, 0.1) is 23.2 Å². The number of terminal acetylenes is 1. The van der Waals surface area contributed by atoms with E-state index in [0.717, 1.165) is 24.1 Å². The molecule has 0 saturated carbocycles. The van der Waals surface area contributed by atoms with E-state index >= 15 is 0 Å². The lowest BCUT2D eigenvalue weighted by Crippen LogP contribution is -2.23. The zero-order valence-corrected chi connectivity index (χ0v) is 14.6. The standard InChI is InChI=1S/C19H33N/c1-9-11-12-15(3)17(20)13-16(10-2)19(7,8)14-18(4,5)6/h2,13H,9,11-12,14,20H2,1,3-8H3/b16-13+,17-15+. The van der Waals surface area contributed by atoms with Crippen molar-refractivity contribution in [1.29, 1.82) is 0 Å². The number of nitrogens with two attached hydrogens (primary N) is 1. The van der Waals surface area contributed by atoms with Crippen LogP contribution in [0.1, 0.15) is 74.1 Å². The lowest BCUT2D eigenvalue weighted by atomic mass is 9.72. The van der Waals surface area contributed by atoms with E-state index < -0.39 is 0 Å². The van der Waals surface area contributed by atoms with Gasteiger partial charge in [-0.05, 0) is 43.1 Å². The van der Waals surface area contributed by atoms with E-state index in [-0.39, 0.29) is 10.8 Å². The first-order valence-corrected chi connectivity index (χ1v) is 7.67. The molecule has 0 amide bonds. The molecule has 0 radical (unpaired) electrons. The molecule has 2 N–H and O–H groups in total. The second kappa shape index (κ2) is 7.58. The summed E-state index contributed by atoms with van der Waals surface area (Å²) < 4.78 is 0. The van der Waals surface area contributed by atoms with Crippen LogP contribution in [-0.2, 0) is 0 Å². The molecule has 0 aromatic carbocycles. The predicted octanol–water partition coefficient (Wildman–Crippen LogP) is 5.43. The van der Waals surface area contributed by atoms with Crippen molar-refractivity contribution in [2.45, 2.75) is 74.1 Å². The van der Waals surface area contributed by atoms with Gasteiger partial charge in [0.25, 0.3) is 0 Å². The Labute approximate surface area is 126 Å². The molecule has 0 saturated heterocycles. The average Bonchev–Trinajstić information content (AvgIpc) is 2.29. The Morgan fingerprint density at radius 3 is 2.15 bits per heavy atom. The molecule has 114 valence electrons. The summed E-state index contributed by atoms with van der Waals surface area (Å²) >= 11 is 0. The van der Waals surface area contributed by atoms with Gasteiger partial charge >= 0.3 is 0 Å². The van der Waals surface area contributed by atoms with Crippen LogP contribution in [0.3, 0.4) is 0 Å². The van der Waals surface area contributed by atoms with Gasteiger partial charge in [0.1, 0.15) is 0 Å². The summed E-state index contributed by atoms with van der Waals surface area (Å²) in [7, 11) is 0. The maximum absolute atomic E-state index is 6.20. The van der Waals surface area contributed by atoms with Crippen LogP contribution in [0.25, 0.3) is 0 Å². The molecule has 0 aliphatic carbocycles. The molecule has 0 heterocycles. The van der Waals surface area contributed by atoms with E-state index in [0.29, 0.717) is 0 Å². The minimum absolute atomic E-state index is 0.0251. The van der Waals surface area contributed by atoms with Gasteiger partial charge in [0.05, 0.1) is 0 Å². The Balaban J connectivity index is 5.27. The van der Waals surface area contributed by atoms with Crippen molar-refractivity contribution in [2.24, 2.45) is 16.6 Å². The lowest BCUT2D eigenvalue weighted by molar-refractivity contribution is 0.254. The van der Waals surface area contributed by atoms with Gasteiger partial charge in [-0.3, -0.25) is 0 Å². The smallest absolute Gasteiger partial charge is 0.0312 e. The van der Waals surface area contributed by atoms with E-state index in [9.17, 15) is 0 Å². The maximum Gasteiger partial charge on any atom is 0.0312 e. The molecule has 0 spiro atoms. The fourth-order valence-corrected chi connectivity index (χ4v) is 2.72.